The van der Waals surface area contributed by atoms with E-state index in [1.54, 1.807) is 27.0 Å². The molecule has 0 aliphatic heterocycles. The van der Waals surface area contributed by atoms with Crippen LogP contribution in [0.15, 0.2) is 35.6 Å². The second-order valence-corrected chi connectivity index (χ2v) is 7.30. The molecule has 2 rings (SSSR count). The Labute approximate surface area is 118 Å². The molecule has 0 fully saturated rings. The van der Waals surface area contributed by atoms with E-state index in [0.29, 0.717) is 5.82 Å². The van der Waals surface area contributed by atoms with Crippen LogP contribution in [0.3, 0.4) is 0 Å². The maximum Gasteiger partial charge on any atom is 0.244 e. The van der Waals surface area contributed by atoms with Crippen molar-refractivity contribution in [2.45, 2.75) is 38.1 Å². The SMILES string of the molecule is Cc1cccnc1-n1cc(S(=O)(=O)NC(C)(C)C)cn1. The van der Waals surface area contributed by atoms with Crippen molar-refractivity contribution >= 4 is 10.0 Å². The summed E-state index contributed by atoms with van der Waals surface area (Å²) in [5, 5.41) is 4.08. The number of nitrogens with one attached hydrogen (secondary N) is 1. The Bertz CT molecular complexity index is 714. The lowest BCUT2D eigenvalue weighted by Crippen LogP contribution is -2.40. The largest absolute Gasteiger partial charge is 0.244 e. The molecule has 108 valence electrons. The van der Waals surface area contributed by atoms with Crippen LogP contribution in [0.5, 0.6) is 0 Å². The zero-order chi connectivity index (χ0) is 15.0. The minimum absolute atomic E-state index is 0.123. The van der Waals surface area contributed by atoms with Gasteiger partial charge >= 0.3 is 0 Å². The molecule has 0 saturated carbocycles. The number of sulfonamides is 1. The third-order valence-corrected chi connectivity index (χ3v) is 4.22. The molecular weight excluding hydrogens is 276 g/mol. The van der Waals surface area contributed by atoms with E-state index in [-0.39, 0.29) is 4.90 Å². The van der Waals surface area contributed by atoms with E-state index in [1.807, 2.05) is 19.1 Å². The Hall–Kier alpha value is -1.73. The van der Waals surface area contributed by atoms with E-state index in [1.165, 1.54) is 17.1 Å². The average Bonchev–Trinajstić information content (AvgIpc) is 2.76. The first-order chi connectivity index (χ1) is 9.19. The Balaban J connectivity index is 2.37. The van der Waals surface area contributed by atoms with E-state index in [9.17, 15) is 8.42 Å². The van der Waals surface area contributed by atoms with Gasteiger partial charge < -0.3 is 0 Å². The molecule has 7 heteroatoms. The molecular formula is C13H18N4O2S. The first kappa shape index (κ1) is 14.7. The van der Waals surface area contributed by atoms with E-state index in [4.69, 9.17) is 0 Å². The van der Waals surface area contributed by atoms with Gasteiger partial charge in [-0.05, 0) is 39.3 Å². The molecule has 0 bridgehead atoms. The number of aryl methyl sites for hydroxylation is 1. The number of hydrogen-bond donors (Lipinski definition) is 1. The first-order valence-electron chi connectivity index (χ1n) is 6.20. The molecule has 2 heterocycles. The summed E-state index contributed by atoms with van der Waals surface area (Å²) in [6.07, 6.45) is 4.43. The number of rotatable bonds is 3. The summed E-state index contributed by atoms with van der Waals surface area (Å²) in [5.41, 5.74) is 0.380. The Morgan fingerprint density at radius 3 is 2.60 bits per heavy atom. The van der Waals surface area contributed by atoms with Crippen molar-refractivity contribution < 1.29 is 8.42 Å². The molecule has 20 heavy (non-hydrogen) atoms. The topological polar surface area (TPSA) is 76.9 Å². The first-order valence-corrected chi connectivity index (χ1v) is 7.68. The van der Waals surface area contributed by atoms with Gasteiger partial charge in [0.25, 0.3) is 0 Å². The molecule has 6 nitrogen and oxygen atoms in total. The van der Waals surface area contributed by atoms with Gasteiger partial charge in [0.2, 0.25) is 10.0 Å². The fourth-order valence-corrected chi connectivity index (χ4v) is 3.09. The molecule has 0 saturated heterocycles. The van der Waals surface area contributed by atoms with Gasteiger partial charge in [-0.15, -0.1) is 0 Å². The summed E-state index contributed by atoms with van der Waals surface area (Å²) in [4.78, 5) is 4.33. The van der Waals surface area contributed by atoms with Crippen molar-refractivity contribution in [3.63, 3.8) is 0 Å². The zero-order valence-electron chi connectivity index (χ0n) is 12.0. The van der Waals surface area contributed by atoms with Gasteiger partial charge in [-0.3, -0.25) is 0 Å². The van der Waals surface area contributed by atoms with Crippen molar-refractivity contribution in [3.8, 4) is 5.82 Å². The van der Waals surface area contributed by atoms with Gasteiger partial charge in [0, 0.05) is 11.7 Å². The number of nitrogens with zero attached hydrogens (tertiary/aromatic N) is 3. The average molecular weight is 294 g/mol. The van der Waals surface area contributed by atoms with E-state index in [0.717, 1.165) is 5.56 Å². The van der Waals surface area contributed by atoms with E-state index in [2.05, 4.69) is 14.8 Å². The smallest absolute Gasteiger partial charge is 0.237 e. The molecule has 0 unspecified atom stereocenters. The van der Waals surface area contributed by atoms with Crippen LogP contribution in [-0.2, 0) is 10.0 Å². The lowest BCUT2D eigenvalue weighted by molar-refractivity contribution is 0.491. The highest BCUT2D eigenvalue weighted by atomic mass is 32.2. The van der Waals surface area contributed by atoms with Crippen LogP contribution in [0.25, 0.3) is 5.82 Å². The minimum atomic E-state index is -3.58. The third kappa shape index (κ3) is 3.23. The normalized spacial score (nSPS) is 12.6. The van der Waals surface area contributed by atoms with Gasteiger partial charge in [-0.2, -0.15) is 5.10 Å². The molecule has 0 radical (unpaired) electrons. The molecule has 0 amide bonds. The molecule has 0 aliphatic carbocycles. The molecule has 1 N–H and O–H groups in total. The highest BCUT2D eigenvalue weighted by Crippen LogP contribution is 2.15. The Morgan fingerprint density at radius 2 is 2.00 bits per heavy atom. The van der Waals surface area contributed by atoms with Crippen molar-refractivity contribution in [2.75, 3.05) is 0 Å². The van der Waals surface area contributed by atoms with Crippen LogP contribution >= 0.6 is 0 Å². The summed E-state index contributed by atoms with van der Waals surface area (Å²) in [7, 11) is -3.58. The summed E-state index contributed by atoms with van der Waals surface area (Å²) in [6, 6.07) is 3.72. The van der Waals surface area contributed by atoms with Crippen LogP contribution in [0.2, 0.25) is 0 Å². The number of aromatic nitrogens is 3. The fraction of sp³-hybridized carbons (Fsp3) is 0.385. The molecule has 0 atom stereocenters. The second-order valence-electron chi connectivity index (χ2n) is 5.62. The van der Waals surface area contributed by atoms with Crippen molar-refractivity contribution in [2.24, 2.45) is 0 Å². The summed E-state index contributed by atoms with van der Waals surface area (Å²) < 4.78 is 28.4. The van der Waals surface area contributed by atoms with Crippen LogP contribution < -0.4 is 4.72 Å². The quantitative estimate of drug-likeness (QED) is 0.934. The number of hydrogen-bond acceptors (Lipinski definition) is 4. The molecule has 2 aromatic rings. The summed E-state index contributed by atoms with van der Waals surface area (Å²) in [6.45, 7) is 7.26. The van der Waals surface area contributed by atoms with Crippen molar-refractivity contribution in [1.82, 2.24) is 19.5 Å². The predicted octanol–water partition coefficient (Wildman–Crippen LogP) is 1.65. The summed E-state index contributed by atoms with van der Waals surface area (Å²) in [5.74, 6) is 0.615. The van der Waals surface area contributed by atoms with E-state index < -0.39 is 15.6 Å². The maximum absolute atomic E-state index is 12.2. The number of pyridine rings is 1. The van der Waals surface area contributed by atoms with Crippen LogP contribution in [0.4, 0.5) is 0 Å². The molecule has 2 aromatic heterocycles. The fourth-order valence-electron chi connectivity index (χ4n) is 1.74. The van der Waals surface area contributed by atoms with Crippen LogP contribution in [0.1, 0.15) is 26.3 Å². The Morgan fingerprint density at radius 1 is 1.30 bits per heavy atom. The van der Waals surface area contributed by atoms with Gasteiger partial charge in [0.1, 0.15) is 4.90 Å². The highest BCUT2D eigenvalue weighted by Gasteiger charge is 2.23. The highest BCUT2D eigenvalue weighted by molar-refractivity contribution is 7.89. The van der Waals surface area contributed by atoms with E-state index >= 15 is 0 Å². The van der Waals surface area contributed by atoms with Gasteiger partial charge in [-0.1, -0.05) is 6.07 Å². The van der Waals surface area contributed by atoms with Crippen LogP contribution in [0, 0.1) is 6.92 Å². The molecule has 0 spiro atoms. The van der Waals surface area contributed by atoms with Crippen LogP contribution in [-0.4, -0.2) is 28.7 Å². The van der Waals surface area contributed by atoms with Crippen molar-refractivity contribution in [1.29, 1.82) is 0 Å². The Kier molecular flexibility index (Phi) is 3.66. The lowest BCUT2D eigenvalue weighted by atomic mass is 10.1. The van der Waals surface area contributed by atoms with Gasteiger partial charge in [-0.25, -0.2) is 22.8 Å². The maximum atomic E-state index is 12.2. The minimum Gasteiger partial charge on any atom is -0.237 e. The zero-order valence-corrected chi connectivity index (χ0v) is 12.8. The lowest BCUT2D eigenvalue weighted by Gasteiger charge is -2.19. The molecule has 0 aromatic carbocycles. The summed E-state index contributed by atoms with van der Waals surface area (Å²) >= 11 is 0. The predicted molar refractivity (Wildman–Crippen MR) is 76.2 cm³/mol. The standard InChI is InChI=1S/C13H18N4O2S/c1-10-6-5-7-14-12(10)17-9-11(8-15-17)20(18,19)16-13(2,3)4/h5-9,16H,1-4H3. The van der Waals surface area contributed by atoms with Gasteiger partial charge in [0.05, 0.1) is 12.4 Å². The second kappa shape index (κ2) is 4.99. The van der Waals surface area contributed by atoms with Gasteiger partial charge in [0.15, 0.2) is 5.82 Å². The monoisotopic (exact) mass is 294 g/mol. The molecule has 0 aliphatic rings. The van der Waals surface area contributed by atoms with Crippen molar-refractivity contribution in [3.05, 3.63) is 36.3 Å². The third-order valence-electron chi connectivity index (χ3n) is 2.51.